The van der Waals surface area contributed by atoms with Gasteiger partial charge in [0.25, 0.3) is 0 Å². The average Bonchev–Trinajstić information content (AvgIpc) is 3.55. The topological polar surface area (TPSA) is 79.7 Å². The monoisotopic (exact) mass is 475 g/mol. The quantitative estimate of drug-likeness (QED) is 0.488. The van der Waals surface area contributed by atoms with Gasteiger partial charge in [-0.05, 0) is 36.1 Å². The van der Waals surface area contributed by atoms with Crippen molar-refractivity contribution in [3.8, 4) is 0 Å². The highest BCUT2D eigenvalue weighted by Gasteiger charge is 2.33. The highest BCUT2D eigenvalue weighted by Crippen LogP contribution is 2.33. The number of rotatable bonds is 6. The lowest BCUT2D eigenvalue weighted by molar-refractivity contribution is 0.0600. The van der Waals surface area contributed by atoms with Crippen LogP contribution in [-0.4, -0.2) is 41.3 Å². The molecule has 0 spiro atoms. The van der Waals surface area contributed by atoms with Crippen LogP contribution in [0.15, 0.2) is 65.9 Å². The summed E-state index contributed by atoms with van der Waals surface area (Å²) in [6, 6.07) is 18.2. The fraction of sp³-hybridized carbons (Fsp3) is 0.308. The molecular weight excluding hydrogens is 450 g/mol. The Balaban J connectivity index is 1.55. The van der Waals surface area contributed by atoms with Crippen LogP contribution in [0, 0.1) is 0 Å². The number of esters is 1. The van der Waals surface area contributed by atoms with E-state index >= 15 is 0 Å². The zero-order chi connectivity index (χ0) is 23.5. The van der Waals surface area contributed by atoms with E-state index in [1.807, 2.05) is 42.5 Å². The van der Waals surface area contributed by atoms with Crippen molar-refractivity contribution >= 4 is 35.0 Å². The van der Waals surface area contributed by atoms with Crippen LogP contribution in [0.5, 0.6) is 0 Å². The molecule has 1 aromatic heterocycles. The minimum atomic E-state index is -0.492. The van der Waals surface area contributed by atoms with Crippen LogP contribution in [0.4, 0.5) is 11.8 Å². The first-order valence-corrected chi connectivity index (χ1v) is 11.9. The number of halogens is 1. The lowest BCUT2D eigenvalue weighted by atomic mass is 9.91. The summed E-state index contributed by atoms with van der Waals surface area (Å²) in [5.74, 6) is 0.441. The summed E-state index contributed by atoms with van der Waals surface area (Å²) in [6.45, 7) is 0.534. The first-order chi connectivity index (χ1) is 16.6. The Kier molecular flexibility index (Phi) is 6.45. The molecule has 2 aliphatic rings. The molecule has 1 atom stereocenters. The predicted molar refractivity (Wildman–Crippen MR) is 134 cm³/mol. The second kappa shape index (κ2) is 9.81. The Hall–Kier alpha value is -3.45. The smallest absolute Gasteiger partial charge is 0.343 e. The fourth-order valence-electron chi connectivity index (χ4n) is 4.61. The number of carbonyl (C=O) groups excluding carboxylic acids is 1. The molecule has 1 aliphatic carbocycles. The van der Waals surface area contributed by atoms with E-state index < -0.39 is 5.97 Å². The minimum absolute atomic E-state index is 0.00548. The van der Waals surface area contributed by atoms with Crippen LogP contribution < -0.4 is 10.3 Å². The van der Waals surface area contributed by atoms with Crippen molar-refractivity contribution < 1.29 is 9.53 Å². The molecular formula is C26H26ClN5O2. The molecule has 5 rings (SSSR count). The number of anilines is 2. The third-order valence-corrected chi connectivity index (χ3v) is 6.61. The first kappa shape index (κ1) is 22.3. The van der Waals surface area contributed by atoms with Gasteiger partial charge in [0.1, 0.15) is 5.56 Å². The average molecular weight is 476 g/mol. The lowest BCUT2D eigenvalue weighted by Crippen LogP contribution is -2.24. The first-order valence-electron chi connectivity index (χ1n) is 11.5. The molecule has 0 bridgehead atoms. The molecule has 0 saturated heterocycles. The maximum Gasteiger partial charge on any atom is 0.343 e. The zero-order valence-corrected chi connectivity index (χ0v) is 19.7. The Labute approximate surface area is 203 Å². The van der Waals surface area contributed by atoms with Crippen molar-refractivity contribution in [2.24, 2.45) is 5.10 Å². The van der Waals surface area contributed by atoms with Gasteiger partial charge >= 0.3 is 5.97 Å². The summed E-state index contributed by atoms with van der Waals surface area (Å²) in [6.07, 6.45) is 6.11. The van der Waals surface area contributed by atoms with Gasteiger partial charge < -0.3 is 10.1 Å². The summed E-state index contributed by atoms with van der Waals surface area (Å²) >= 11 is 6.13. The van der Waals surface area contributed by atoms with Crippen molar-refractivity contribution in [1.82, 2.24) is 9.97 Å². The number of hydrazone groups is 1. The number of aromatic nitrogens is 2. The van der Waals surface area contributed by atoms with Gasteiger partial charge in [0.05, 0.1) is 19.4 Å². The normalized spacial score (nSPS) is 18.1. The molecule has 8 heteroatoms. The van der Waals surface area contributed by atoms with E-state index in [0.717, 1.165) is 29.7 Å². The molecule has 3 aromatic rings. The number of hydrogen-bond donors (Lipinski definition) is 1. The number of nitrogens with one attached hydrogen (secondary N) is 1. The van der Waals surface area contributed by atoms with Gasteiger partial charge in [0, 0.05) is 23.2 Å². The van der Waals surface area contributed by atoms with Gasteiger partial charge in [-0.15, -0.1) is 0 Å². The maximum atomic E-state index is 12.6. The van der Waals surface area contributed by atoms with Gasteiger partial charge in [-0.3, -0.25) is 0 Å². The predicted octanol–water partition coefficient (Wildman–Crippen LogP) is 5.28. The van der Waals surface area contributed by atoms with E-state index in [4.69, 9.17) is 26.4 Å². The Morgan fingerprint density at radius 2 is 1.82 bits per heavy atom. The highest BCUT2D eigenvalue weighted by atomic mass is 35.5. The van der Waals surface area contributed by atoms with Crippen molar-refractivity contribution in [1.29, 1.82) is 0 Å². The number of methoxy groups -OCH3 is 1. The number of carbonyl (C=O) groups is 1. The summed E-state index contributed by atoms with van der Waals surface area (Å²) in [5.41, 5.74) is 3.28. The molecule has 174 valence electrons. The van der Waals surface area contributed by atoms with E-state index in [9.17, 15) is 4.79 Å². The SMILES string of the molecule is COC(=O)c1cnc(NC2CCCC2)nc1N1CC(c2ccccc2)C(c2ccc(Cl)cc2)=N1. The van der Waals surface area contributed by atoms with Gasteiger partial charge in [0.15, 0.2) is 5.82 Å². The molecule has 2 heterocycles. The largest absolute Gasteiger partial charge is 0.465 e. The van der Waals surface area contributed by atoms with Crippen molar-refractivity contribution in [2.75, 3.05) is 24.0 Å². The Morgan fingerprint density at radius 1 is 1.09 bits per heavy atom. The van der Waals surface area contributed by atoms with E-state index in [-0.39, 0.29) is 11.5 Å². The minimum Gasteiger partial charge on any atom is -0.465 e. The standard InChI is InChI=1S/C26H26ClN5O2/c1-34-25(33)21-15-28-26(29-20-9-5-6-10-20)30-24(21)32-16-22(17-7-3-2-4-8-17)23(31-32)18-11-13-19(27)14-12-18/h2-4,7-8,11-15,20,22H,5-6,9-10,16H2,1H3,(H,28,29,30). The molecule has 1 saturated carbocycles. The Bertz CT molecular complexity index is 1190. The Morgan fingerprint density at radius 3 is 2.53 bits per heavy atom. The van der Waals surface area contributed by atoms with Crippen molar-refractivity contribution in [3.05, 3.63) is 82.5 Å². The third-order valence-electron chi connectivity index (χ3n) is 6.36. The summed E-state index contributed by atoms with van der Waals surface area (Å²) in [4.78, 5) is 21.7. The van der Waals surface area contributed by atoms with Crippen molar-refractivity contribution in [3.63, 3.8) is 0 Å². The van der Waals surface area contributed by atoms with E-state index in [1.54, 1.807) is 5.01 Å². The number of nitrogens with zero attached hydrogens (tertiary/aromatic N) is 4. The number of hydrogen-bond acceptors (Lipinski definition) is 7. The molecule has 1 fully saturated rings. The van der Waals surface area contributed by atoms with Crippen LogP contribution in [0.1, 0.15) is 53.1 Å². The van der Waals surface area contributed by atoms with Gasteiger partial charge in [-0.2, -0.15) is 10.1 Å². The van der Waals surface area contributed by atoms with E-state index in [1.165, 1.54) is 26.1 Å². The molecule has 1 aliphatic heterocycles. The second-order valence-corrected chi connectivity index (χ2v) is 9.02. The molecule has 2 aromatic carbocycles. The van der Waals surface area contributed by atoms with E-state index in [0.29, 0.717) is 29.4 Å². The zero-order valence-electron chi connectivity index (χ0n) is 18.9. The van der Waals surface area contributed by atoms with Crippen LogP contribution >= 0.6 is 11.6 Å². The summed E-state index contributed by atoms with van der Waals surface area (Å²) in [7, 11) is 1.36. The molecule has 0 radical (unpaired) electrons. The van der Waals surface area contributed by atoms with Crippen LogP contribution in [0.25, 0.3) is 0 Å². The van der Waals surface area contributed by atoms with E-state index in [2.05, 4.69) is 22.4 Å². The molecule has 7 nitrogen and oxygen atoms in total. The van der Waals surface area contributed by atoms with Crippen molar-refractivity contribution in [2.45, 2.75) is 37.6 Å². The van der Waals surface area contributed by atoms with Gasteiger partial charge in [-0.1, -0.05) is 66.9 Å². The molecule has 0 amide bonds. The summed E-state index contributed by atoms with van der Waals surface area (Å²) in [5, 5.41) is 10.8. The van der Waals surface area contributed by atoms with Crippen LogP contribution in [0.3, 0.4) is 0 Å². The number of ether oxygens (including phenoxy) is 1. The summed E-state index contributed by atoms with van der Waals surface area (Å²) < 4.78 is 5.02. The maximum absolute atomic E-state index is 12.6. The molecule has 1 N–H and O–H groups in total. The lowest BCUT2D eigenvalue weighted by Gasteiger charge is -2.19. The van der Waals surface area contributed by atoms with Crippen LogP contribution in [-0.2, 0) is 4.74 Å². The molecule has 1 unspecified atom stereocenters. The van der Waals surface area contributed by atoms with Crippen LogP contribution in [0.2, 0.25) is 5.02 Å². The van der Waals surface area contributed by atoms with Gasteiger partial charge in [0.2, 0.25) is 5.95 Å². The number of benzene rings is 2. The highest BCUT2D eigenvalue weighted by molar-refractivity contribution is 6.30. The second-order valence-electron chi connectivity index (χ2n) is 8.59. The third kappa shape index (κ3) is 4.61. The fourth-order valence-corrected chi connectivity index (χ4v) is 4.73. The van der Waals surface area contributed by atoms with Gasteiger partial charge in [-0.25, -0.2) is 14.8 Å². The molecule has 34 heavy (non-hydrogen) atoms.